The lowest BCUT2D eigenvalue weighted by atomic mass is 10.0. The number of aliphatic carboxylic acids is 1. The van der Waals surface area contributed by atoms with Crippen molar-refractivity contribution in [2.45, 2.75) is 43.6 Å². The number of ether oxygens (including phenoxy) is 1. The topological polar surface area (TPSA) is 167 Å². The minimum atomic E-state index is -1.75. The number of rotatable bonds is 10. The molecule has 4 atom stereocenters. The van der Waals surface area contributed by atoms with Crippen molar-refractivity contribution in [3.63, 3.8) is 0 Å². The largest absolute Gasteiger partial charge is 0.481 e. The Morgan fingerprint density at radius 2 is 1.75 bits per heavy atom. The number of esters is 1. The Morgan fingerprint density at radius 1 is 1.15 bits per heavy atom. The van der Waals surface area contributed by atoms with E-state index < -0.39 is 42.9 Å². The molecule has 0 radical (unpaired) electrons. The number of nitrogens with two attached hydrogens (primary N) is 1. The summed E-state index contributed by atoms with van der Waals surface area (Å²) in [7, 11) is 0. The van der Waals surface area contributed by atoms with E-state index in [9.17, 15) is 29.7 Å². The highest BCUT2D eigenvalue weighted by atomic mass is 16.5. The zero-order chi connectivity index (χ0) is 15.7. The minimum Gasteiger partial charge on any atom is -0.481 e. The Labute approximate surface area is 115 Å². The molecule has 0 rings (SSSR count). The van der Waals surface area contributed by atoms with Gasteiger partial charge in [0.1, 0.15) is 31.2 Å². The predicted octanol–water partition coefficient (Wildman–Crippen LogP) is -2.61. The van der Waals surface area contributed by atoms with E-state index in [1.54, 1.807) is 0 Å². The molecule has 0 fully saturated rings. The molecule has 0 heterocycles. The van der Waals surface area contributed by atoms with Gasteiger partial charge in [0.15, 0.2) is 0 Å². The summed E-state index contributed by atoms with van der Waals surface area (Å²) in [6.07, 6.45) is -5.09. The number of hydrogen-bond acceptors (Lipinski definition) is 8. The van der Waals surface area contributed by atoms with Crippen molar-refractivity contribution < 1.29 is 39.5 Å². The molecule has 6 N–H and O–H groups in total. The number of aldehydes is 1. The molecule has 116 valence electrons. The predicted molar refractivity (Wildman–Crippen MR) is 64.5 cm³/mol. The molecule has 0 aromatic carbocycles. The fraction of sp³-hybridized carbons (Fsp3) is 0.727. The van der Waals surface area contributed by atoms with E-state index >= 15 is 0 Å². The van der Waals surface area contributed by atoms with E-state index in [2.05, 4.69) is 4.74 Å². The highest BCUT2D eigenvalue weighted by Gasteiger charge is 2.30. The number of carbonyl (C=O) groups is 3. The van der Waals surface area contributed by atoms with Crippen LogP contribution in [0.5, 0.6) is 0 Å². The number of carboxylic acids is 1. The third-order valence-corrected chi connectivity index (χ3v) is 2.48. The summed E-state index contributed by atoms with van der Waals surface area (Å²) in [5, 5.41) is 36.6. The van der Waals surface area contributed by atoms with Gasteiger partial charge in [-0.05, 0) is 6.42 Å². The van der Waals surface area contributed by atoms with Crippen LogP contribution in [0.4, 0.5) is 0 Å². The van der Waals surface area contributed by atoms with Crippen LogP contribution in [0, 0.1) is 0 Å². The number of carbonyl (C=O) groups excluding carboxylic acids is 2. The van der Waals surface area contributed by atoms with Gasteiger partial charge in [0, 0.05) is 12.8 Å². The fourth-order valence-corrected chi connectivity index (χ4v) is 1.27. The summed E-state index contributed by atoms with van der Waals surface area (Å²) in [4.78, 5) is 31.7. The van der Waals surface area contributed by atoms with Crippen LogP contribution in [0.1, 0.15) is 19.3 Å². The molecule has 0 amide bonds. The molecule has 0 aliphatic heterocycles. The molecule has 9 nitrogen and oxygen atoms in total. The summed E-state index contributed by atoms with van der Waals surface area (Å²) in [5.41, 5.74) is 5.15. The molecule has 0 aromatic heterocycles. The molecule has 0 saturated carbocycles. The molecule has 0 aliphatic carbocycles. The molecule has 0 aliphatic rings. The first-order valence-electron chi connectivity index (χ1n) is 5.92. The van der Waals surface area contributed by atoms with Gasteiger partial charge in [-0.25, -0.2) is 0 Å². The molecule has 0 aromatic rings. The lowest BCUT2D eigenvalue weighted by Gasteiger charge is -2.24. The van der Waals surface area contributed by atoms with E-state index in [1.165, 1.54) is 0 Å². The standard InChI is InChI=1S/C11H19NO8/c12-6(4-13)10(18)11(19)7(14)5-20-9(17)3-1-2-8(15)16/h4,6-7,10-11,14,18-19H,1-3,5,12H2,(H,15,16)/t6-,7+,10+,11+/m0/s1. The first kappa shape index (κ1) is 18.4. The smallest absolute Gasteiger partial charge is 0.305 e. The average Bonchev–Trinajstić information content (AvgIpc) is 2.41. The second-order valence-electron chi connectivity index (χ2n) is 4.19. The van der Waals surface area contributed by atoms with Crippen LogP contribution in [0.15, 0.2) is 0 Å². The van der Waals surface area contributed by atoms with Crippen LogP contribution in [-0.2, 0) is 19.1 Å². The third kappa shape index (κ3) is 7.14. The first-order valence-corrected chi connectivity index (χ1v) is 5.92. The van der Waals surface area contributed by atoms with Crippen molar-refractivity contribution >= 4 is 18.2 Å². The first-order chi connectivity index (χ1) is 9.29. The van der Waals surface area contributed by atoms with Gasteiger partial charge in [0.05, 0.1) is 6.04 Å². The van der Waals surface area contributed by atoms with Crippen molar-refractivity contribution in [1.82, 2.24) is 0 Å². The number of carboxylic acid groups (broad SMARTS) is 1. The van der Waals surface area contributed by atoms with Crippen molar-refractivity contribution in [3.05, 3.63) is 0 Å². The summed E-state index contributed by atoms with van der Waals surface area (Å²) < 4.78 is 4.59. The number of hydrogen-bond donors (Lipinski definition) is 5. The Hall–Kier alpha value is -1.55. The average molecular weight is 293 g/mol. The maximum atomic E-state index is 11.2. The maximum absolute atomic E-state index is 11.2. The highest BCUT2D eigenvalue weighted by Crippen LogP contribution is 2.05. The zero-order valence-electron chi connectivity index (χ0n) is 10.7. The van der Waals surface area contributed by atoms with E-state index in [0.717, 1.165) is 0 Å². The number of aliphatic hydroxyl groups is 3. The summed E-state index contributed by atoms with van der Waals surface area (Å²) in [6, 6.07) is -1.37. The van der Waals surface area contributed by atoms with Gasteiger partial charge in [0.25, 0.3) is 0 Å². The van der Waals surface area contributed by atoms with Crippen LogP contribution in [0.2, 0.25) is 0 Å². The van der Waals surface area contributed by atoms with Crippen LogP contribution < -0.4 is 5.73 Å². The van der Waals surface area contributed by atoms with Gasteiger partial charge in [0.2, 0.25) is 0 Å². The van der Waals surface area contributed by atoms with Crippen molar-refractivity contribution in [2.24, 2.45) is 5.73 Å². The Morgan fingerprint density at radius 3 is 2.25 bits per heavy atom. The summed E-state index contributed by atoms with van der Waals surface area (Å²) in [5.74, 6) is -1.79. The molecule has 0 unspecified atom stereocenters. The lowest BCUT2D eigenvalue weighted by Crippen LogP contribution is -2.50. The molecule has 20 heavy (non-hydrogen) atoms. The zero-order valence-corrected chi connectivity index (χ0v) is 10.7. The van der Waals surface area contributed by atoms with Crippen LogP contribution >= 0.6 is 0 Å². The second-order valence-corrected chi connectivity index (χ2v) is 4.19. The van der Waals surface area contributed by atoms with E-state index in [1.807, 2.05) is 0 Å². The maximum Gasteiger partial charge on any atom is 0.305 e. The fourth-order valence-electron chi connectivity index (χ4n) is 1.27. The molecule has 9 heteroatoms. The van der Waals surface area contributed by atoms with Gasteiger partial charge < -0.3 is 35.7 Å². The van der Waals surface area contributed by atoms with Gasteiger partial charge in [-0.1, -0.05) is 0 Å². The van der Waals surface area contributed by atoms with Gasteiger partial charge in [-0.15, -0.1) is 0 Å². The quantitative estimate of drug-likeness (QED) is 0.214. The Bertz CT molecular complexity index is 334. The van der Waals surface area contributed by atoms with E-state index in [4.69, 9.17) is 10.8 Å². The van der Waals surface area contributed by atoms with Crippen molar-refractivity contribution in [1.29, 1.82) is 0 Å². The Balaban J connectivity index is 4.02. The molecular formula is C11H19NO8. The van der Waals surface area contributed by atoms with E-state index in [0.29, 0.717) is 0 Å². The Kier molecular flexibility index (Phi) is 8.64. The van der Waals surface area contributed by atoms with Gasteiger partial charge in [-0.3, -0.25) is 9.59 Å². The van der Waals surface area contributed by atoms with Crippen molar-refractivity contribution in [3.8, 4) is 0 Å². The van der Waals surface area contributed by atoms with Gasteiger partial charge in [-0.2, -0.15) is 0 Å². The SMILES string of the molecule is N[C@@H](C=O)[C@@H](O)[C@H](O)[C@H](O)COC(=O)CCCC(=O)O. The molecule has 0 bridgehead atoms. The van der Waals surface area contributed by atoms with Crippen LogP contribution in [0.25, 0.3) is 0 Å². The van der Waals surface area contributed by atoms with Gasteiger partial charge >= 0.3 is 11.9 Å². The van der Waals surface area contributed by atoms with Crippen molar-refractivity contribution in [2.75, 3.05) is 6.61 Å². The highest BCUT2D eigenvalue weighted by molar-refractivity contribution is 5.71. The van der Waals surface area contributed by atoms with Crippen LogP contribution in [-0.4, -0.2) is 69.6 Å². The lowest BCUT2D eigenvalue weighted by molar-refractivity contribution is -0.152. The monoisotopic (exact) mass is 293 g/mol. The van der Waals surface area contributed by atoms with Crippen LogP contribution in [0.3, 0.4) is 0 Å². The number of aliphatic hydroxyl groups excluding tert-OH is 3. The molecule has 0 spiro atoms. The third-order valence-electron chi connectivity index (χ3n) is 2.48. The summed E-state index contributed by atoms with van der Waals surface area (Å²) in [6.45, 7) is -0.601. The minimum absolute atomic E-state index is 0.0887. The molecule has 0 saturated heterocycles. The molecular weight excluding hydrogens is 274 g/mol. The van der Waals surface area contributed by atoms with E-state index in [-0.39, 0.29) is 25.5 Å². The summed E-state index contributed by atoms with van der Waals surface area (Å²) >= 11 is 0. The normalized spacial score (nSPS) is 16.8. The second kappa shape index (κ2) is 9.37.